The van der Waals surface area contributed by atoms with Gasteiger partial charge in [-0.15, -0.1) is 0 Å². The van der Waals surface area contributed by atoms with E-state index in [4.69, 9.17) is 10.5 Å². The molecule has 5 nitrogen and oxygen atoms in total. The highest BCUT2D eigenvalue weighted by Gasteiger charge is 2.33. The number of carbonyl (C=O) groups excluding carboxylic acids is 1. The summed E-state index contributed by atoms with van der Waals surface area (Å²) in [5, 5.41) is 12.5. The van der Waals surface area contributed by atoms with Crippen molar-refractivity contribution in [3.63, 3.8) is 0 Å². The van der Waals surface area contributed by atoms with Gasteiger partial charge in [-0.05, 0) is 43.5 Å². The van der Waals surface area contributed by atoms with Gasteiger partial charge < -0.3 is 20.9 Å². The third kappa shape index (κ3) is 3.56. The Morgan fingerprint density at radius 1 is 1.30 bits per heavy atom. The second-order valence-electron chi connectivity index (χ2n) is 5.24. The van der Waals surface area contributed by atoms with Crippen molar-refractivity contribution >= 4 is 5.91 Å². The second kappa shape index (κ2) is 6.83. The summed E-state index contributed by atoms with van der Waals surface area (Å²) in [4.78, 5) is 12.3. The Balaban J connectivity index is 2.03. The van der Waals surface area contributed by atoms with Gasteiger partial charge in [0, 0.05) is 18.8 Å². The zero-order valence-electron chi connectivity index (χ0n) is 11.6. The summed E-state index contributed by atoms with van der Waals surface area (Å²) >= 11 is 0. The second-order valence-corrected chi connectivity index (χ2v) is 5.24. The molecule has 0 aliphatic carbocycles. The Bertz CT molecular complexity index is 439. The number of nitrogens with two attached hydrogens (primary N) is 1. The van der Waals surface area contributed by atoms with Crippen molar-refractivity contribution < 1.29 is 14.6 Å². The van der Waals surface area contributed by atoms with Crippen molar-refractivity contribution in [1.29, 1.82) is 0 Å². The maximum Gasteiger partial charge on any atom is 0.251 e. The van der Waals surface area contributed by atoms with Gasteiger partial charge in [0.15, 0.2) is 0 Å². The van der Waals surface area contributed by atoms with Crippen LogP contribution < -0.4 is 11.1 Å². The average molecular weight is 278 g/mol. The molecule has 1 aromatic rings. The molecular weight excluding hydrogens is 256 g/mol. The molecule has 1 fully saturated rings. The smallest absolute Gasteiger partial charge is 0.251 e. The van der Waals surface area contributed by atoms with Gasteiger partial charge in [0.05, 0.1) is 12.1 Å². The number of hydrogen-bond donors (Lipinski definition) is 3. The third-order valence-corrected chi connectivity index (χ3v) is 3.78. The van der Waals surface area contributed by atoms with E-state index in [1.54, 1.807) is 12.1 Å². The first-order chi connectivity index (χ1) is 9.69. The van der Waals surface area contributed by atoms with Crippen LogP contribution in [0, 0.1) is 0 Å². The number of aliphatic hydroxyl groups excluding tert-OH is 1. The molecule has 5 heteroatoms. The van der Waals surface area contributed by atoms with Crippen molar-refractivity contribution in [2.75, 3.05) is 26.4 Å². The minimum atomic E-state index is -0.550. The van der Waals surface area contributed by atoms with E-state index in [0.717, 1.165) is 12.0 Å². The zero-order chi connectivity index (χ0) is 14.4. The maximum absolute atomic E-state index is 12.3. The molecule has 1 amide bonds. The van der Waals surface area contributed by atoms with E-state index in [-0.39, 0.29) is 12.5 Å². The number of hydrogen-bond acceptors (Lipinski definition) is 4. The first-order valence-electron chi connectivity index (χ1n) is 6.99. The number of ether oxygens (including phenoxy) is 1. The average Bonchev–Trinajstić information content (AvgIpc) is 2.49. The lowest BCUT2D eigenvalue weighted by Crippen LogP contribution is -2.54. The fourth-order valence-corrected chi connectivity index (χ4v) is 2.39. The standard InChI is InChI=1S/C15H22N2O3/c16-8-5-12-1-3-13(4-2-12)14(19)17-15(11-18)6-9-20-10-7-15/h1-4,18H,5-11,16H2,(H,17,19). The molecule has 0 unspecified atom stereocenters. The third-order valence-electron chi connectivity index (χ3n) is 3.78. The number of aliphatic hydroxyl groups is 1. The Morgan fingerprint density at radius 2 is 1.95 bits per heavy atom. The molecule has 1 aromatic carbocycles. The number of benzene rings is 1. The lowest BCUT2D eigenvalue weighted by atomic mass is 9.90. The normalized spacial score (nSPS) is 17.7. The Morgan fingerprint density at radius 3 is 2.50 bits per heavy atom. The highest BCUT2D eigenvalue weighted by molar-refractivity contribution is 5.94. The minimum Gasteiger partial charge on any atom is -0.394 e. The Labute approximate surface area is 119 Å². The van der Waals surface area contributed by atoms with Crippen LogP contribution in [0.4, 0.5) is 0 Å². The molecular formula is C15H22N2O3. The van der Waals surface area contributed by atoms with Crippen LogP contribution in [0.3, 0.4) is 0 Å². The quantitative estimate of drug-likeness (QED) is 0.730. The van der Waals surface area contributed by atoms with Crippen LogP contribution in [0.25, 0.3) is 0 Å². The van der Waals surface area contributed by atoms with Crippen molar-refractivity contribution in [2.45, 2.75) is 24.8 Å². The first-order valence-corrected chi connectivity index (χ1v) is 6.99. The molecule has 1 aliphatic rings. The van der Waals surface area contributed by atoms with Crippen LogP contribution >= 0.6 is 0 Å². The van der Waals surface area contributed by atoms with Gasteiger partial charge >= 0.3 is 0 Å². The van der Waals surface area contributed by atoms with Crippen LogP contribution in [0.1, 0.15) is 28.8 Å². The van der Waals surface area contributed by atoms with E-state index in [0.29, 0.717) is 38.2 Å². The van der Waals surface area contributed by atoms with Gasteiger partial charge in [-0.2, -0.15) is 0 Å². The van der Waals surface area contributed by atoms with E-state index < -0.39 is 5.54 Å². The summed E-state index contributed by atoms with van der Waals surface area (Å²) in [5.41, 5.74) is 6.67. The van der Waals surface area contributed by atoms with Gasteiger partial charge in [0.1, 0.15) is 0 Å². The molecule has 20 heavy (non-hydrogen) atoms. The zero-order valence-corrected chi connectivity index (χ0v) is 11.6. The van der Waals surface area contributed by atoms with E-state index in [2.05, 4.69) is 5.32 Å². The molecule has 1 saturated heterocycles. The molecule has 110 valence electrons. The van der Waals surface area contributed by atoms with Crippen molar-refractivity contribution in [2.24, 2.45) is 5.73 Å². The Hall–Kier alpha value is -1.43. The fraction of sp³-hybridized carbons (Fsp3) is 0.533. The first kappa shape index (κ1) is 15.0. The topological polar surface area (TPSA) is 84.6 Å². The molecule has 4 N–H and O–H groups in total. The Kier molecular flexibility index (Phi) is 5.11. The van der Waals surface area contributed by atoms with Gasteiger partial charge in [-0.3, -0.25) is 4.79 Å². The fourth-order valence-electron chi connectivity index (χ4n) is 2.39. The molecule has 0 bridgehead atoms. The molecule has 0 atom stereocenters. The molecule has 0 radical (unpaired) electrons. The van der Waals surface area contributed by atoms with E-state index in [1.807, 2.05) is 12.1 Å². The van der Waals surface area contributed by atoms with Gasteiger partial charge in [0.25, 0.3) is 5.91 Å². The van der Waals surface area contributed by atoms with Crippen LogP contribution in [-0.2, 0) is 11.2 Å². The molecule has 0 aromatic heterocycles. The van der Waals surface area contributed by atoms with Crippen molar-refractivity contribution in [1.82, 2.24) is 5.32 Å². The van der Waals surface area contributed by atoms with Gasteiger partial charge in [-0.25, -0.2) is 0 Å². The summed E-state index contributed by atoms with van der Waals surface area (Å²) in [5.74, 6) is -0.153. The summed E-state index contributed by atoms with van der Waals surface area (Å²) in [6.45, 7) is 1.67. The van der Waals surface area contributed by atoms with Gasteiger partial charge in [-0.1, -0.05) is 12.1 Å². The van der Waals surface area contributed by atoms with Gasteiger partial charge in [0.2, 0.25) is 0 Å². The summed E-state index contributed by atoms with van der Waals surface area (Å²) in [6, 6.07) is 7.42. The number of nitrogens with one attached hydrogen (secondary N) is 1. The highest BCUT2D eigenvalue weighted by Crippen LogP contribution is 2.20. The number of rotatable bonds is 5. The number of carbonyl (C=O) groups is 1. The van der Waals surface area contributed by atoms with Crippen LogP contribution in [0.15, 0.2) is 24.3 Å². The largest absolute Gasteiger partial charge is 0.394 e. The summed E-state index contributed by atoms with van der Waals surface area (Å²) in [7, 11) is 0. The van der Waals surface area contributed by atoms with Crippen LogP contribution in [0.5, 0.6) is 0 Å². The predicted octanol–water partition coefficient (Wildman–Crippen LogP) is 0.459. The predicted molar refractivity (Wildman–Crippen MR) is 76.5 cm³/mol. The summed E-state index contributed by atoms with van der Waals surface area (Å²) in [6.07, 6.45) is 2.08. The van der Waals surface area contributed by atoms with E-state index in [9.17, 15) is 9.90 Å². The van der Waals surface area contributed by atoms with Crippen molar-refractivity contribution in [3.05, 3.63) is 35.4 Å². The summed E-state index contributed by atoms with van der Waals surface area (Å²) < 4.78 is 5.28. The van der Waals surface area contributed by atoms with E-state index >= 15 is 0 Å². The van der Waals surface area contributed by atoms with Crippen LogP contribution in [0.2, 0.25) is 0 Å². The van der Waals surface area contributed by atoms with Crippen LogP contribution in [-0.4, -0.2) is 42.9 Å². The minimum absolute atomic E-state index is 0.0621. The van der Waals surface area contributed by atoms with E-state index in [1.165, 1.54) is 0 Å². The number of amides is 1. The molecule has 1 heterocycles. The monoisotopic (exact) mass is 278 g/mol. The SMILES string of the molecule is NCCc1ccc(C(=O)NC2(CO)CCOCC2)cc1. The molecule has 2 rings (SSSR count). The highest BCUT2D eigenvalue weighted by atomic mass is 16.5. The lowest BCUT2D eigenvalue weighted by molar-refractivity contribution is 0.0125. The molecule has 0 spiro atoms. The van der Waals surface area contributed by atoms with Crippen molar-refractivity contribution in [3.8, 4) is 0 Å². The maximum atomic E-state index is 12.3. The molecule has 0 saturated carbocycles. The lowest BCUT2D eigenvalue weighted by Gasteiger charge is -2.36. The molecule has 1 aliphatic heterocycles.